The minimum atomic E-state index is -0.722. The minimum absolute atomic E-state index is 0.00348. The van der Waals surface area contributed by atoms with Crippen molar-refractivity contribution in [2.24, 2.45) is 5.92 Å². The Hall–Kier alpha value is -2.44. The van der Waals surface area contributed by atoms with E-state index in [9.17, 15) is 18.8 Å². The summed E-state index contributed by atoms with van der Waals surface area (Å²) in [6, 6.07) is 5.96. The summed E-state index contributed by atoms with van der Waals surface area (Å²) in [4.78, 5) is 37.8. The van der Waals surface area contributed by atoms with Crippen LogP contribution in [0.2, 0.25) is 0 Å². The van der Waals surface area contributed by atoms with Gasteiger partial charge in [-0.2, -0.15) is 0 Å². The molecule has 1 fully saturated rings. The monoisotopic (exact) mass is 393 g/mol. The first-order valence-electron chi connectivity index (χ1n) is 9.38. The summed E-state index contributed by atoms with van der Waals surface area (Å²) in [7, 11) is 1.29. The lowest BCUT2D eigenvalue weighted by molar-refractivity contribution is -0.150. The van der Waals surface area contributed by atoms with Crippen LogP contribution in [0.15, 0.2) is 24.3 Å². The van der Waals surface area contributed by atoms with E-state index in [1.165, 1.54) is 19.2 Å². The number of methoxy groups -OCH3 is 1. The fraction of sp³-hybridized carbons (Fsp3) is 0.571. The number of carbonyl (C=O) groups excluding carboxylic acids is 3. The van der Waals surface area contributed by atoms with Gasteiger partial charge < -0.3 is 19.2 Å². The van der Waals surface area contributed by atoms with Crippen LogP contribution in [-0.4, -0.2) is 49.0 Å². The van der Waals surface area contributed by atoms with Crippen LogP contribution in [0, 0.1) is 11.7 Å². The van der Waals surface area contributed by atoms with Gasteiger partial charge in [0.15, 0.2) is 0 Å². The number of aldehydes is 1. The van der Waals surface area contributed by atoms with Crippen molar-refractivity contribution < 1.29 is 28.2 Å². The predicted molar refractivity (Wildman–Crippen MR) is 101 cm³/mol. The largest absolute Gasteiger partial charge is 0.469 e. The number of hydrogen-bond acceptors (Lipinski definition) is 5. The Labute approximate surface area is 165 Å². The molecule has 1 saturated heterocycles. The second-order valence-corrected chi connectivity index (χ2v) is 8.11. The van der Waals surface area contributed by atoms with Crippen molar-refractivity contribution in [2.75, 3.05) is 20.2 Å². The molecule has 0 aromatic heterocycles. The number of benzene rings is 1. The zero-order valence-electron chi connectivity index (χ0n) is 16.9. The van der Waals surface area contributed by atoms with E-state index >= 15 is 0 Å². The SMILES string of the molecule is COC(=O)C(CC=O)C1(c2ccc(F)cc2)CCN(C(=O)OC(C)(C)C)CC1. The summed E-state index contributed by atoms with van der Waals surface area (Å²) in [5, 5.41) is 0. The Morgan fingerprint density at radius 2 is 1.79 bits per heavy atom. The first-order valence-corrected chi connectivity index (χ1v) is 9.38. The fourth-order valence-corrected chi connectivity index (χ4v) is 3.82. The molecular weight excluding hydrogens is 365 g/mol. The fourth-order valence-electron chi connectivity index (χ4n) is 3.82. The Morgan fingerprint density at radius 1 is 1.21 bits per heavy atom. The Morgan fingerprint density at radius 3 is 2.25 bits per heavy atom. The maximum atomic E-state index is 13.5. The van der Waals surface area contributed by atoms with Crippen LogP contribution in [0.25, 0.3) is 0 Å². The van der Waals surface area contributed by atoms with Crippen LogP contribution in [0.5, 0.6) is 0 Å². The molecule has 0 saturated carbocycles. The van der Waals surface area contributed by atoms with E-state index in [1.54, 1.807) is 37.8 Å². The van der Waals surface area contributed by atoms with Crippen molar-refractivity contribution in [1.82, 2.24) is 4.90 Å². The third-order valence-electron chi connectivity index (χ3n) is 5.21. The molecule has 0 N–H and O–H groups in total. The maximum Gasteiger partial charge on any atom is 0.410 e. The highest BCUT2D eigenvalue weighted by molar-refractivity contribution is 5.78. The molecule has 0 bridgehead atoms. The van der Waals surface area contributed by atoms with Gasteiger partial charge in [0, 0.05) is 24.9 Å². The molecule has 1 unspecified atom stereocenters. The molecule has 1 amide bonds. The summed E-state index contributed by atoms with van der Waals surface area (Å²) in [5.41, 5.74) is -0.565. The molecule has 7 heteroatoms. The number of carbonyl (C=O) groups is 3. The summed E-state index contributed by atoms with van der Waals surface area (Å²) in [5.74, 6) is -1.57. The highest BCUT2D eigenvalue weighted by Gasteiger charge is 2.47. The molecular formula is C21H28FNO5. The molecule has 1 aliphatic heterocycles. The van der Waals surface area contributed by atoms with Crippen LogP contribution in [0.3, 0.4) is 0 Å². The lowest BCUT2D eigenvalue weighted by atomic mass is 9.63. The zero-order chi connectivity index (χ0) is 20.9. The number of rotatable bonds is 5. The Kier molecular flexibility index (Phi) is 6.80. The van der Waals surface area contributed by atoms with Crippen LogP contribution in [0.1, 0.15) is 45.6 Å². The van der Waals surface area contributed by atoms with E-state index < -0.39 is 29.0 Å². The van der Waals surface area contributed by atoms with Crippen molar-refractivity contribution in [3.05, 3.63) is 35.6 Å². The second kappa shape index (κ2) is 8.71. The summed E-state index contributed by atoms with van der Waals surface area (Å²) in [6.07, 6.45) is 1.16. The average Bonchev–Trinajstić information content (AvgIpc) is 2.65. The first kappa shape index (κ1) is 21.9. The van der Waals surface area contributed by atoms with Gasteiger partial charge in [0.25, 0.3) is 0 Å². The summed E-state index contributed by atoms with van der Waals surface area (Å²) in [6.45, 7) is 6.12. The van der Waals surface area contributed by atoms with Crippen molar-refractivity contribution in [3.8, 4) is 0 Å². The molecule has 6 nitrogen and oxygen atoms in total. The third kappa shape index (κ3) is 4.88. The van der Waals surface area contributed by atoms with Crippen molar-refractivity contribution in [3.63, 3.8) is 0 Å². The molecule has 1 aromatic carbocycles. The normalized spacial score (nSPS) is 17.5. The van der Waals surface area contributed by atoms with Gasteiger partial charge in [0.05, 0.1) is 13.0 Å². The average molecular weight is 393 g/mol. The van der Waals surface area contributed by atoms with Crippen LogP contribution in [0.4, 0.5) is 9.18 Å². The molecule has 1 atom stereocenters. The van der Waals surface area contributed by atoms with Gasteiger partial charge in [-0.1, -0.05) is 12.1 Å². The lowest BCUT2D eigenvalue weighted by Crippen LogP contribution is -2.51. The van der Waals surface area contributed by atoms with Gasteiger partial charge in [0.1, 0.15) is 17.7 Å². The van der Waals surface area contributed by atoms with Crippen LogP contribution < -0.4 is 0 Å². The molecule has 0 radical (unpaired) electrons. The molecule has 154 valence electrons. The number of ether oxygens (including phenoxy) is 2. The number of nitrogens with zero attached hydrogens (tertiary/aromatic N) is 1. The van der Waals surface area contributed by atoms with Gasteiger partial charge in [-0.3, -0.25) is 4.79 Å². The van der Waals surface area contributed by atoms with Crippen molar-refractivity contribution in [2.45, 2.75) is 51.0 Å². The summed E-state index contributed by atoms with van der Waals surface area (Å²) < 4.78 is 23.8. The highest BCUT2D eigenvalue weighted by Crippen LogP contribution is 2.44. The van der Waals surface area contributed by atoms with Gasteiger partial charge in [-0.05, 0) is 51.3 Å². The van der Waals surface area contributed by atoms with Crippen LogP contribution in [-0.2, 0) is 24.5 Å². The number of hydrogen-bond donors (Lipinski definition) is 0. The lowest BCUT2D eigenvalue weighted by Gasteiger charge is -2.45. The third-order valence-corrected chi connectivity index (χ3v) is 5.21. The van der Waals surface area contributed by atoms with Gasteiger partial charge >= 0.3 is 12.1 Å². The number of amides is 1. The van der Waals surface area contributed by atoms with E-state index in [0.29, 0.717) is 32.2 Å². The number of halogens is 1. The van der Waals surface area contributed by atoms with E-state index in [-0.39, 0.29) is 12.2 Å². The highest BCUT2D eigenvalue weighted by atomic mass is 19.1. The van der Waals surface area contributed by atoms with E-state index in [4.69, 9.17) is 9.47 Å². The predicted octanol–water partition coefficient (Wildman–Crippen LogP) is 3.47. The topological polar surface area (TPSA) is 72.9 Å². The zero-order valence-corrected chi connectivity index (χ0v) is 16.9. The quantitative estimate of drug-likeness (QED) is 0.566. The Bertz CT molecular complexity index is 703. The summed E-state index contributed by atoms with van der Waals surface area (Å²) >= 11 is 0. The van der Waals surface area contributed by atoms with Gasteiger partial charge in [0.2, 0.25) is 0 Å². The van der Waals surface area contributed by atoms with Crippen LogP contribution >= 0.6 is 0 Å². The van der Waals surface area contributed by atoms with Crippen molar-refractivity contribution >= 4 is 18.3 Å². The van der Waals surface area contributed by atoms with E-state index in [1.807, 2.05) is 0 Å². The standard InChI is InChI=1S/C21H28FNO5/c1-20(2,3)28-19(26)23-12-10-21(11-13-23,15-5-7-16(22)8-6-15)17(9-14-24)18(25)27-4/h5-8,14,17H,9-13H2,1-4H3. The van der Waals surface area contributed by atoms with E-state index in [2.05, 4.69) is 0 Å². The maximum absolute atomic E-state index is 13.5. The molecule has 1 heterocycles. The molecule has 2 rings (SSSR count). The number of piperidine rings is 1. The minimum Gasteiger partial charge on any atom is -0.469 e. The van der Waals surface area contributed by atoms with Gasteiger partial charge in [-0.25, -0.2) is 9.18 Å². The van der Waals surface area contributed by atoms with Gasteiger partial charge in [-0.15, -0.1) is 0 Å². The number of esters is 1. The molecule has 1 aliphatic rings. The van der Waals surface area contributed by atoms with E-state index in [0.717, 1.165) is 5.56 Å². The van der Waals surface area contributed by atoms with Crippen molar-refractivity contribution in [1.29, 1.82) is 0 Å². The molecule has 1 aromatic rings. The molecule has 0 spiro atoms. The molecule has 28 heavy (non-hydrogen) atoms. The first-order chi connectivity index (χ1) is 13.1. The Balaban J connectivity index is 2.34. The second-order valence-electron chi connectivity index (χ2n) is 8.11. The molecule has 0 aliphatic carbocycles. The number of likely N-dealkylation sites (tertiary alicyclic amines) is 1. The smallest absolute Gasteiger partial charge is 0.410 e.